The van der Waals surface area contributed by atoms with Gasteiger partial charge in [0.15, 0.2) is 0 Å². The summed E-state index contributed by atoms with van der Waals surface area (Å²) in [4.78, 5) is 11.6. The lowest BCUT2D eigenvalue weighted by Gasteiger charge is -2.14. The summed E-state index contributed by atoms with van der Waals surface area (Å²) in [6.45, 7) is 3.90. The first kappa shape index (κ1) is 14.0. The van der Waals surface area contributed by atoms with Crippen LogP contribution in [0.4, 0.5) is 5.69 Å². The second-order valence-corrected chi connectivity index (χ2v) is 4.89. The zero-order chi connectivity index (χ0) is 13.6. The molecule has 0 radical (unpaired) electrons. The topological polar surface area (TPSA) is 76.1 Å². The van der Waals surface area contributed by atoms with Crippen molar-refractivity contribution in [3.05, 3.63) is 29.8 Å². The molecule has 0 aromatic heterocycles. The maximum atomic E-state index is 11.6. The second-order valence-electron chi connectivity index (χ2n) is 4.89. The third-order valence-corrected chi connectivity index (χ3v) is 2.59. The van der Waals surface area contributed by atoms with Gasteiger partial charge in [0.05, 0.1) is 24.5 Å². The molecule has 0 aliphatic carbocycles. The first-order valence-electron chi connectivity index (χ1n) is 5.84. The van der Waals surface area contributed by atoms with Crippen LogP contribution < -0.4 is 5.73 Å². The Labute approximate surface area is 107 Å². The molecule has 0 heterocycles. The lowest BCUT2D eigenvalue weighted by Crippen LogP contribution is -2.15. The van der Waals surface area contributed by atoms with E-state index in [1.807, 2.05) is 19.9 Å². The van der Waals surface area contributed by atoms with Gasteiger partial charge in [0.2, 0.25) is 0 Å². The van der Waals surface area contributed by atoms with Crippen molar-refractivity contribution < 1.29 is 9.53 Å². The molecule has 2 N–H and O–H groups in total. The molecule has 0 fully saturated rings. The maximum Gasteiger partial charge on any atom is 0.310 e. The first-order valence-corrected chi connectivity index (χ1v) is 5.84. The Kier molecular flexibility index (Phi) is 4.73. The summed E-state index contributed by atoms with van der Waals surface area (Å²) < 4.78 is 5.09. The average Bonchev–Trinajstić information content (AvgIpc) is 2.28. The standard InChI is InChI=1S/C14H18N2O2/c1-14(2,10-15)6-7-18-13(17)9-11-4-3-5-12(16)8-11/h3-5,8H,6-7,9,16H2,1-2H3. The fraction of sp³-hybridized carbons (Fsp3) is 0.429. The Morgan fingerprint density at radius 3 is 2.83 bits per heavy atom. The number of carbonyl (C=O) groups is 1. The van der Waals surface area contributed by atoms with Gasteiger partial charge in [-0.2, -0.15) is 5.26 Å². The number of nitriles is 1. The maximum absolute atomic E-state index is 11.6. The number of esters is 1. The number of nitrogen functional groups attached to an aromatic ring is 1. The molecule has 1 rings (SSSR count). The summed E-state index contributed by atoms with van der Waals surface area (Å²) in [5.41, 5.74) is 6.62. The van der Waals surface area contributed by atoms with Gasteiger partial charge in [-0.1, -0.05) is 12.1 Å². The van der Waals surface area contributed by atoms with Gasteiger partial charge in [-0.3, -0.25) is 4.79 Å². The summed E-state index contributed by atoms with van der Waals surface area (Å²) in [6.07, 6.45) is 0.740. The first-order chi connectivity index (χ1) is 8.43. The fourth-order valence-corrected chi connectivity index (χ4v) is 1.40. The monoisotopic (exact) mass is 246 g/mol. The molecule has 1 aromatic carbocycles. The third kappa shape index (κ3) is 4.88. The minimum Gasteiger partial charge on any atom is -0.465 e. The molecule has 0 aliphatic heterocycles. The molecular formula is C14H18N2O2. The van der Waals surface area contributed by atoms with Crippen molar-refractivity contribution in [1.29, 1.82) is 5.26 Å². The zero-order valence-electron chi connectivity index (χ0n) is 10.8. The van der Waals surface area contributed by atoms with Gasteiger partial charge in [-0.15, -0.1) is 0 Å². The van der Waals surface area contributed by atoms with Crippen LogP contribution in [0.3, 0.4) is 0 Å². The van der Waals surface area contributed by atoms with E-state index < -0.39 is 5.41 Å². The van der Waals surface area contributed by atoms with Gasteiger partial charge < -0.3 is 10.5 Å². The number of rotatable bonds is 5. The van der Waals surface area contributed by atoms with Crippen molar-refractivity contribution in [3.8, 4) is 6.07 Å². The van der Waals surface area contributed by atoms with Crippen LogP contribution in [0.25, 0.3) is 0 Å². The van der Waals surface area contributed by atoms with Crippen molar-refractivity contribution in [2.75, 3.05) is 12.3 Å². The summed E-state index contributed by atoms with van der Waals surface area (Å²) in [5.74, 6) is -0.297. The van der Waals surface area contributed by atoms with Crippen molar-refractivity contribution in [3.63, 3.8) is 0 Å². The van der Waals surface area contributed by atoms with Crippen molar-refractivity contribution in [2.24, 2.45) is 5.41 Å². The van der Waals surface area contributed by atoms with Crippen LogP contribution in [0, 0.1) is 16.7 Å². The number of nitrogens with zero attached hydrogens (tertiary/aromatic N) is 1. The van der Waals surface area contributed by atoms with Crippen molar-refractivity contribution >= 4 is 11.7 Å². The number of carbonyl (C=O) groups excluding carboxylic acids is 1. The largest absolute Gasteiger partial charge is 0.465 e. The number of anilines is 1. The third-order valence-electron chi connectivity index (χ3n) is 2.59. The highest BCUT2D eigenvalue weighted by Gasteiger charge is 2.17. The van der Waals surface area contributed by atoms with E-state index in [-0.39, 0.29) is 19.0 Å². The number of hydrogen-bond acceptors (Lipinski definition) is 4. The molecule has 0 spiro atoms. The molecule has 0 bridgehead atoms. The van der Waals surface area contributed by atoms with E-state index in [9.17, 15) is 4.79 Å². The molecule has 0 amide bonds. The normalized spacial score (nSPS) is 10.7. The quantitative estimate of drug-likeness (QED) is 0.638. The molecule has 4 heteroatoms. The van der Waals surface area contributed by atoms with Crippen LogP contribution >= 0.6 is 0 Å². The molecule has 0 unspecified atom stereocenters. The predicted octanol–water partition coefficient (Wildman–Crippen LogP) is 2.29. The highest BCUT2D eigenvalue weighted by molar-refractivity contribution is 5.73. The van der Waals surface area contributed by atoms with E-state index in [1.165, 1.54) is 0 Å². The van der Waals surface area contributed by atoms with Crippen LogP contribution in [0.5, 0.6) is 0 Å². The Bertz CT molecular complexity index is 461. The van der Waals surface area contributed by atoms with E-state index in [2.05, 4.69) is 6.07 Å². The van der Waals surface area contributed by atoms with Crippen LogP contribution in [0.1, 0.15) is 25.8 Å². The number of benzene rings is 1. The van der Waals surface area contributed by atoms with E-state index in [0.717, 1.165) is 5.56 Å². The smallest absolute Gasteiger partial charge is 0.310 e. The lowest BCUT2D eigenvalue weighted by atomic mass is 9.92. The van der Waals surface area contributed by atoms with Gasteiger partial charge in [0.1, 0.15) is 0 Å². The highest BCUT2D eigenvalue weighted by Crippen LogP contribution is 2.18. The number of hydrogen-bond donors (Lipinski definition) is 1. The second kappa shape index (κ2) is 6.06. The summed E-state index contributed by atoms with van der Waals surface area (Å²) in [7, 11) is 0. The van der Waals surface area contributed by atoms with E-state index in [0.29, 0.717) is 12.1 Å². The van der Waals surface area contributed by atoms with Gasteiger partial charge in [-0.05, 0) is 38.0 Å². The number of ether oxygens (including phenoxy) is 1. The molecule has 1 aromatic rings. The van der Waals surface area contributed by atoms with Crippen LogP contribution in [-0.2, 0) is 16.0 Å². The summed E-state index contributed by atoms with van der Waals surface area (Å²) >= 11 is 0. The van der Waals surface area contributed by atoms with Crippen LogP contribution in [0.15, 0.2) is 24.3 Å². The fourth-order valence-electron chi connectivity index (χ4n) is 1.40. The van der Waals surface area contributed by atoms with E-state index in [4.69, 9.17) is 15.7 Å². The Morgan fingerprint density at radius 2 is 2.22 bits per heavy atom. The Morgan fingerprint density at radius 1 is 1.50 bits per heavy atom. The van der Waals surface area contributed by atoms with E-state index >= 15 is 0 Å². The molecular weight excluding hydrogens is 228 g/mol. The van der Waals surface area contributed by atoms with Crippen LogP contribution in [-0.4, -0.2) is 12.6 Å². The molecule has 4 nitrogen and oxygen atoms in total. The SMILES string of the molecule is CC(C)(C#N)CCOC(=O)Cc1cccc(N)c1. The van der Waals surface area contributed by atoms with Gasteiger partial charge >= 0.3 is 5.97 Å². The minimum atomic E-state index is -0.461. The predicted molar refractivity (Wildman–Crippen MR) is 69.5 cm³/mol. The molecule has 96 valence electrons. The molecule has 0 saturated heterocycles. The Balaban J connectivity index is 2.37. The summed E-state index contributed by atoms with van der Waals surface area (Å²) in [5, 5.41) is 8.82. The molecule has 0 aliphatic rings. The van der Waals surface area contributed by atoms with Gasteiger partial charge in [0.25, 0.3) is 0 Å². The van der Waals surface area contributed by atoms with Crippen LogP contribution in [0.2, 0.25) is 0 Å². The Hall–Kier alpha value is -2.02. The highest BCUT2D eigenvalue weighted by atomic mass is 16.5. The average molecular weight is 246 g/mol. The number of nitrogens with two attached hydrogens (primary N) is 1. The summed E-state index contributed by atoms with van der Waals surface area (Å²) in [6, 6.07) is 9.32. The van der Waals surface area contributed by atoms with E-state index in [1.54, 1.807) is 18.2 Å². The van der Waals surface area contributed by atoms with Gasteiger partial charge in [0, 0.05) is 5.69 Å². The van der Waals surface area contributed by atoms with Crippen molar-refractivity contribution in [1.82, 2.24) is 0 Å². The molecule has 0 saturated carbocycles. The zero-order valence-corrected chi connectivity index (χ0v) is 10.8. The molecule has 18 heavy (non-hydrogen) atoms. The lowest BCUT2D eigenvalue weighted by molar-refractivity contribution is -0.143. The van der Waals surface area contributed by atoms with Gasteiger partial charge in [-0.25, -0.2) is 0 Å². The van der Waals surface area contributed by atoms with Crippen molar-refractivity contribution in [2.45, 2.75) is 26.7 Å². The minimum absolute atomic E-state index is 0.206. The molecule has 0 atom stereocenters.